The maximum Gasteiger partial charge on any atom is 0.308 e. The maximum atomic E-state index is 12.3. The molecule has 1 amide bonds. The molecule has 1 heterocycles. The average molecular weight is 340 g/mol. The van der Waals surface area contributed by atoms with Crippen LogP contribution in [0.2, 0.25) is 0 Å². The van der Waals surface area contributed by atoms with Crippen LogP contribution in [0.25, 0.3) is 0 Å². The zero-order valence-electron chi connectivity index (χ0n) is 11.4. The molecular weight excluding hydrogens is 322 g/mol. The molecule has 1 fully saturated rings. The smallest absolute Gasteiger partial charge is 0.308 e. The minimum atomic E-state index is -0.803. The van der Waals surface area contributed by atoms with Gasteiger partial charge < -0.3 is 10.0 Å². The Morgan fingerprint density at radius 3 is 2.85 bits per heavy atom. The van der Waals surface area contributed by atoms with Crippen molar-refractivity contribution in [1.29, 1.82) is 0 Å². The third-order valence-electron chi connectivity index (χ3n) is 3.77. The molecule has 0 bridgehead atoms. The van der Waals surface area contributed by atoms with Crippen LogP contribution >= 0.6 is 15.9 Å². The van der Waals surface area contributed by atoms with Gasteiger partial charge in [-0.3, -0.25) is 9.59 Å². The molecule has 0 aromatic heterocycles. The fraction of sp³-hybridized carbons (Fsp3) is 0.467. The number of amides is 1. The Labute approximate surface area is 126 Å². The van der Waals surface area contributed by atoms with Crippen molar-refractivity contribution in [3.8, 4) is 0 Å². The topological polar surface area (TPSA) is 57.6 Å². The largest absolute Gasteiger partial charge is 0.481 e. The summed E-state index contributed by atoms with van der Waals surface area (Å²) in [5.74, 6) is -1.21. The molecule has 0 saturated carbocycles. The zero-order chi connectivity index (χ0) is 14.7. The number of benzene rings is 1. The number of rotatable bonds is 3. The molecular formula is C15H18BrNO3. The number of carboxylic acids is 1. The fourth-order valence-corrected chi connectivity index (χ4v) is 3.01. The summed E-state index contributed by atoms with van der Waals surface area (Å²) < 4.78 is 0.995. The lowest BCUT2D eigenvalue weighted by molar-refractivity contribution is -0.145. The third-order valence-corrected chi connectivity index (χ3v) is 4.26. The monoisotopic (exact) mass is 339 g/mol. The van der Waals surface area contributed by atoms with E-state index < -0.39 is 11.9 Å². The van der Waals surface area contributed by atoms with Gasteiger partial charge in [0.25, 0.3) is 0 Å². The second-order valence-electron chi connectivity index (χ2n) is 5.26. The Hall–Kier alpha value is -1.36. The van der Waals surface area contributed by atoms with Crippen LogP contribution in [0.1, 0.15) is 24.0 Å². The lowest BCUT2D eigenvalue weighted by atomic mass is 9.97. The van der Waals surface area contributed by atoms with Gasteiger partial charge in [-0.1, -0.05) is 22.0 Å². The first-order valence-electron chi connectivity index (χ1n) is 6.73. The summed E-state index contributed by atoms with van der Waals surface area (Å²) in [4.78, 5) is 25.0. The lowest BCUT2D eigenvalue weighted by Crippen LogP contribution is -2.43. The molecule has 0 unspecified atom stereocenters. The van der Waals surface area contributed by atoms with Crippen molar-refractivity contribution < 1.29 is 14.7 Å². The predicted octanol–water partition coefficient (Wildman–Crippen LogP) is 2.62. The summed E-state index contributed by atoms with van der Waals surface area (Å²) in [6, 6.07) is 5.85. The van der Waals surface area contributed by atoms with Gasteiger partial charge in [0, 0.05) is 17.6 Å². The van der Waals surface area contributed by atoms with Gasteiger partial charge in [0.15, 0.2) is 0 Å². The highest BCUT2D eigenvalue weighted by Crippen LogP contribution is 2.20. The fourth-order valence-electron chi connectivity index (χ4n) is 2.54. The van der Waals surface area contributed by atoms with Crippen LogP contribution in [0.4, 0.5) is 0 Å². The van der Waals surface area contributed by atoms with Crippen molar-refractivity contribution in [3.05, 3.63) is 33.8 Å². The van der Waals surface area contributed by atoms with E-state index in [2.05, 4.69) is 15.9 Å². The number of carbonyl (C=O) groups is 2. The van der Waals surface area contributed by atoms with Crippen molar-refractivity contribution in [2.75, 3.05) is 13.1 Å². The van der Waals surface area contributed by atoms with E-state index in [1.165, 1.54) is 0 Å². The van der Waals surface area contributed by atoms with E-state index in [9.17, 15) is 9.59 Å². The first-order valence-corrected chi connectivity index (χ1v) is 7.52. The SMILES string of the molecule is Cc1cc(Br)ccc1CC(=O)N1CCC[C@@H](C(=O)O)C1. The number of aliphatic carboxylic acids is 1. The van der Waals surface area contributed by atoms with Gasteiger partial charge in [-0.05, 0) is 43.0 Å². The van der Waals surface area contributed by atoms with E-state index in [0.29, 0.717) is 25.9 Å². The molecule has 1 N–H and O–H groups in total. The van der Waals surface area contributed by atoms with Crippen molar-refractivity contribution in [2.24, 2.45) is 5.92 Å². The quantitative estimate of drug-likeness (QED) is 0.920. The Balaban J connectivity index is 2.02. The second-order valence-corrected chi connectivity index (χ2v) is 6.18. The van der Waals surface area contributed by atoms with Crippen molar-refractivity contribution >= 4 is 27.8 Å². The average Bonchev–Trinajstić information content (AvgIpc) is 2.42. The lowest BCUT2D eigenvalue weighted by Gasteiger charge is -2.31. The molecule has 2 rings (SSSR count). The highest BCUT2D eigenvalue weighted by atomic mass is 79.9. The van der Waals surface area contributed by atoms with Crippen LogP contribution in [0, 0.1) is 12.8 Å². The highest BCUT2D eigenvalue weighted by molar-refractivity contribution is 9.10. The van der Waals surface area contributed by atoms with Crippen molar-refractivity contribution in [3.63, 3.8) is 0 Å². The summed E-state index contributed by atoms with van der Waals surface area (Å²) in [5.41, 5.74) is 2.06. The molecule has 0 spiro atoms. The number of nitrogens with zero attached hydrogens (tertiary/aromatic N) is 1. The van der Waals surface area contributed by atoms with Gasteiger partial charge in [-0.25, -0.2) is 0 Å². The van der Waals surface area contributed by atoms with E-state index in [1.807, 2.05) is 25.1 Å². The van der Waals surface area contributed by atoms with Gasteiger partial charge in [-0.2, -0.15) is 0 Å². The van der Waals surface area contributed by atoms with E-state index >= 15 is 0 Å². The van der Waals surface area contributed by atoms with Crippen LogP contribution < -0.4 is 0 Å². The highest BCUT2D eigenvalue weighted by Gasteiger charge is 2.28. The molecule has 4 nitrogen and oxygen atoms in total. The van der Waals surface area contributed by atoms with Crippen LogP contribution in [0.5, 0.6) is 0 Å². The number of hydrogen-bond acceptors (Lipinski definition) is 2. The standard InChI is InChI=1S/C15H18BrNO3/c1-10-7-13(16)5-4-11(10)8-14(18)17-6-2-3-12(9-17)15(19)20/h4-5,7,12H,2-3,6,8-9H2,1H3,(H,19,20)/t12-/m1/s1. The number of piperidine rings is 1. The molecule has 108 valence electrons. The van der Waals surface area contributed by atoms with Crippen LogP contribution in [-0.4, -0.2) is 35.0 Å². The van der Waals surface area contributed by atoms with E-state index in [4.69, 9.17) is 5.11 Å². The number of carboxylic acid groups (broad SMARTS) is 1. The molecule has 0 aliphatic carbocycles. The van der Waals surface area contributed by atoms with Crippen molar-refractivity contribution in [1.82, 2.24) is 4.90 Å². The van der Waals surface area contributed by atoms with E-state index in [1.54, 1.807) is 4.90 Å². The van der Waals surface area contributed by atoms with Gasteiger partial charge in [0.1, 0.15) is 0 Å². The van der Waals surface area contributed by atoms with E-state index in [-0.39, 0.29) is 5.91 Å². The predicted molar refractivity (Wildman–Crippen MR) is 79.5 cm³/mol. The van der Waals surface area contributed by atoms with Gasteiger partial charge >= 0.3 is 5.97 Å². The minimum absolute atomic E-state index is 0.0152. The van der Waals surface area contributed by atoms with Crippen LogP contribution in [-0.2, 0) is 16.0 Å². The zero-order valence-corrected chi connectivity index (χ0v) is 13.0. The second kappa shape index (κ2) is 6.39. The number of carbonyl (C=O) groups excluding carboxylic acids is 1. The minimum Gasteiger partial charge on any atom is -0.481 e. The summed E-state index contributed by atoms with van der Waals surface area (Å²) in [7, 11) is 0. The van der Waals surface area contributed by atoms with Gasteiger partial charge in [0.2, 0.25) is 5.91 Å². The first-order chi connectivity index (χ1) is 9.47. The normalized spacial score (nSPS) is 18.9. The molecule has 1 atom stereocenters. The molecule has 5 heteroatoms. The molecule has 1 aliphatic heterocycles. The maximum absolute atomic E-state index is 12.3. The summed E-state index contributed by atoms with van der Waals surface area (Å²) in [6.45, 7) is 2.98. The first kappa shape index (κ1) is 15.0. The third kappa shape index (κ3) is 3.60. The summed E-state index contributed by atoms with van der Waals surface area (Å²) in [6.07, 6.45) is 1.77. The Morgan fingerprint density at radius 2 is 2.20 bits per heavy atom. The molecule has 1 aliphatic rings. The van der Waals surface area contributed by atoms with Gasteiger partial charge in [-0.15, -0.1) is 0 Å². The summed E-state index contributed by atoms with van der Waals surface area (Å²) >= 11 is 3.40. The number of likely N-dealkylation sites (tertiary alicyclic amines) is 1. The van der Waals surface area contributed by atoms with Crippen LogP contribution in [0.3, 0.4) is 0 Å². The number of aryl methyl sites for hydroxylation is 1. The Morgan fingerprint density at radius 1 is 1.45 bits per heavy atom. The van der Waals surface area contributed by atoms with E-state index in [0.717, 1.165) is 22.0 Å². The molecule has 1 aromatic rings. The molecule has 1 aromatic carbocycles. The Kier molecular flexibility index (Phi) is 4.81. The van der Waals surface area contributed by atoms with Crippen molar-refractivity contribution in [2.45, 2.75) is 26.2 Å². The Bertz CT molecular complexity index is 530. The molecule has 0 radical (unpaired) electrons. The van der Waals surface area contributed by atoms with Gasteiger partial charge in [0.05, 0.1) is 12.3 Å². The number of hydrogen-bond donors (Lipinski definition) is 1. The summed E-state index contributed by atoms with van der Waals surface area (Å²) in [5, 5.41) is 9.06. The van der Waals surface area contributed by atoms with Crippen LogP contribution in [0.15, 0.2) is 22.7 Å². The number of halogens is 1. The molecule has 1 saturated heterocycles. The molecule has 20 heavy (non-hydrogen) atoms.